The molecule has 1 amide bonds. The summed E-state index contributed by atoms with van der Waals surface area (Å²) in [6, 6.07) is 15.5. The first-order chi connectivity index (χ1) is 17.1. The number of fused-ring (bicyclic) bond motifs is 2. The van der Waals surface area contributed by atoms with Crippen molar-refractivity contribution in [2.45, 2.75) is 60.9 Å². The molecule has 0 aliphatic carbocycles. The van der Waals surface area contributed by atoms with Crippen LogP contribution in [-0.4, -0.2) is 46.6 Å². The van der Waals surface area contributed by atoms with Crippen molar-refractivity contribution in [2.75, 3.05) is 6.61 Å². The smallest absolute Gasteiger partial charge is 0.338 e. The molecule has 35 heavy (non-hydrogen) atoms. The summed E-state index contributed by atoms with van der Waals surface area (Å²) >= 11 is 3.36. The van der Waals surface area contributed by atoms with E-state index in [1.807, 2.05) is 48.0 Å². The van der Waals surface area contributed by atoms with Crippen LogP contribution in [0.4, 0.5) is 0 Å². The lowest BCUT2D eigenvalue weighted by Crippen LogP contribution is -2.49. The van der Waals surface area contributed by atoms with Crippen LogP contribution in [0, 0.1) is 0 Å². The largest absolute Gasteiger partial charge is 0.490 e. The van der Waals surface area contributed by atoms with Gasteiger partial charge in [0.05, 0.1) is 12.2 Å². The summed E-state index contributed by atoms with van der Waals surface area (Å²) in [7, 11) is 0. The Morgan fingerprint density at radius 1 is 1.03 bits per heavy atom. The van der Waals surface area contributed by atoms with Crippen molar-refractivity contribution in [1.29, 1.82) is 0 Å². The van der Waals surface area contributed by atoms with E-state index in [1.54, 1.807) is 42.2 Å². The molecule has 8 heteroatoms. The Morgan fingerprint density at radius 2 is 1.71 bits per heavy atom. The van der Waals surface area contributed by atoms with E-state index < -0.39 is 0 Å². The van der Waals surface area contributed by atoms with Crippen LogP contribution in [0.1, 0.15) is 58.9 Å². The number of amides is 1. The fourth-order valence-corrected chi connectivity index (χ4v) is 6.54. The van der Waals surface area contributed by atoms with Gasteiger partial charge in [0.1, 0.15) is 16.2 Å². The summed E-state index contributed by atoms with van der Waals surface area (Å²) in [5.41, 5.74) is 2.46. The van der Waals surface area contributed by atoms with Crippen molar-refractivity contribution in [3.05, 3.63) is 76.8 Å². The second kappa shape index (κ2) is 10.8. The number of carbonyl (C=O) groups is 2. The van der Waals surface area contributed by atoms with Gasteiger partial charge in [-0.15, -0.1) is 11.3 Å². The number of nitrogens with zero attached hydrogens (tertiary/aromatic N) is 2. The molecule has 2 fully saturated rings. The Labute approximate surface area is 213 Å². The van der Waals surface area contributed by atoms with Crippen LogP contribution in [0.25, 0.3) is 0 Å². The molecular weight excluding hydrogens is 480 g/mol. The zero-order chi connectivity index (χ0) is 24.2. The number of rotatable bonds is 8. The van der Waals surface area contributed by atoms with E-state index in [9.17, 15) is 9.59 Å². The summed E-state index contributed by atoms with van der Waals surface area (Å²) < 4.78 is 12.3. The molecule has 2 bridgehead atoms. The highest BCUT2D eigenvalue weighted by molar-refractivity contribution is 8.00. The number of piperidine rings is 1. The van der Waals surface area contributed by atoms with Crippen LogP contribution < -0.4 is 4.74 Å². The van der Waals surface area contributed by atoms with E-state index in [-0.39, 0.29) is 30.1 Å². The molecule has 0 N–H and O–H groups in total. The van der Waals surface area contributed by atoms with Gasteiger partial charge in [-0.05, 0) is 61.7 Å². The van der Waals surface area contributed by atoms with Crippen LogP contribution in [0.2, 0.25) is 0 Å². The van der Waals surface area contributed by atoms with Crippen molar-refractivity contribution < 1.29 is 19.1 Å². The van der Waals surface area contributed by atoms with Gasteiger partial charge in [0.25, 0.3) is 5.91 Å². The third-order valence-electron chi connectivity index (χ3n) is 6.57. The van der Waals surface area contributed by atoms with Crippen LogP contribution in [-0.2, 0) is 10.5 Å². The lowest BCUT2D eigenvalue weighted by Gasteiger charge is -2.39. The molecule has 3 heterocycles. The minimum absolute atomic E-state index is 0.0651. The molecule has 6 nitrogen and oxygen atoms in total. The molecule has 1 aromatic heterocycles. The highest BCUT2D eigenvalue weighted by Gasteiger charge is 2.44. The summed E-state index contributed by atoms with van der Waals surface area (Å²) in [6.07, 6.45) is 5.56. The molecule has 0 spiro atoms. The van der Waals surface area contributed by atoms with E-state index >= 15 is 0 Å². The first kappa shape index (κ1) is 23.9. The monoisotopic (exact) mass is 508 g/mol. The Hall–Kier alpha value is -2.84. The van der Waals surface area contributed by atoms with Crippen LogP contribution in [0.15, 0.2) is 64.4 Å². The Bertz CT molecular complexity index is 1130. The van der Waals surface area contributed by atoms with Gasteiger partial charge in [-0.2, -0.15) is 0 Å². The predicted octanol–water partition coefficient (Wildman–Crippen LogP) is 5.83. The number of thioether (sulfide) groups is 1. The molecule has 2 atom stereocenters. The van der Waals surface area contributed by atoms with Gasteiger partial charge in [0.15, 0.2) is 0 Å². The fourth-order valence-electron chi connectivity index (χ4n) is 4.95. The Kier molecular flexibility index (Phi) is 7.39. The van der Waals surface area contributed by atoms with Gasteiger partial charge in [-0.25, -0.2) is 9.78 Å². The van der Waals surface area contributed by atoms with Crippen LogP contribution >= 0.6 is 23.1 Å². The van der Waals surface area contributed by atoms with E-state index in [0.717, 1.165) is 47.1 Å². The normalized spacial score (nSPS) is 21.1. The predicted molar refractivity (Wildman–Crippen MR) is 137 cm³/mol. The van der Waals surface area contributed by atoms with Gasteiger partial charge in [-0.1, -0.05) is 23.9 Å². The van der Waals surface area contributed by atoms with Gasteiger partial charge in [0, 0.05) is 47.8 Å². The average Bonchev–Trinajstić information content (AvgIpc) is 3.49. The Morgan fingerprint density at radius 3 is 2.34 bits per heavy atom. The number of carbonyl (C=O) groups excluding carboxylic acids is 2. The lowest BCUT2D eigenvalue weighted by molar-refractivity contribution is 0.0359. The maximum atomic E-state index is 13.4. The van der Waals surface area contributed by atoms with Crippen LogP contribution in [0.3, 0.4) is 0 Å². The lowest BCUT2D eigenvalue weighted by atomic mass is 9.98. The highest BCUT2D eigenvalue weighted by Crippen LogP contribution is 2.38. The topological polar surface area (TPSA) is 68.7 Å². The number of aromatic nitrogens is 1. The molecule has 2 unspecified atom stereocenters. The minimum atomic E-state index is -0.324. The number of esters is 1. The summed E-state index contributed by atoms with van der Waals surface area (Å²) in [4.78, 5) is 31.6. The number of hydrogen-bond donors (Lipinski definition) is 0. The minimum Gasteiger partial charge on any atom is -0.490 e. The molecule has 2 aromatic carbocycles. The van der Waals surface area contributed by atoms with Crippen molar-refractivity contribution in [1.82, 2.24) is 9.88 Å². The zero-order valence-corrected chi connectivity index (χ0v) is 21.2. The molecule has 182 valence electrons. The Balaban J connectivity index is 1.17. The SMILES string of the molecule is CCOC(=O)c1ccc(OC2CC3CCC(C2)N3C(=O)c2ccc(CSc3nccs3)cc2)cc1. The molecule has 3 aromatic rings. The second-order valence-corrected chi connectivity index (χ2v) is 11.0. The van der Waals surface area contributed by atoms with Gasteiger partial charge in [0.2, 0.25) is 0 Å². The van der Waals surface area contributed by atoms with Gasteiger partial charge < -0.3 is 14.4 Å². The summed E-state index contributed by atoms with van der Waals surface area (Å²) in [5, 5.41) is 1.98. The van der Waals surface area contributed by atoms with E-state index in [0.29, 0.717) is 12.2 Å². The standard InChI is InChI=1S/C27H28N2O4S2/c1-2-32-26(31)20-7-11-23(12-8-20)33-24-15-21-9-10-22(16-24)29(21)25(30)19-5-3-18(4-6-19)17-35-27-28-13-14-34-27/h3-8,11-14,21-22,24H,2,9-10,15-17H2,1H3. The fraction of sp³-hybridized carbons (Fsp3) is 0.370. The molecule has 2 saturated heterocycles. The maximum Gasteiger partial charge on any atom is 0.338 e. The number of hydrogen-bond acceptors (Lipinski definition) is 7. The number of thiazole rings is 1. The average molecular weight is 509 g/mol. The van der Waals surface area contributed by atoms with Crippen molar-refractivity contribution in [3.63, 3.8) is 0 Å². The molecule has 5 rings (SSSR count). The molecular formula is C27H28N2O4S2. The van der Waals surface area contributed by atoms with E-state index in [4.69, 9.17) is 9.47 Å². The molecule has 2 aliphatic heterocycles. The van der Waals surface area contributed by atoms with Crippen LogP contribution in [0.5, 0.6) is 5.75 Å². The van der Waals surface area contributed by atoms with Gasteiger partial charge >= 0.3 is 5.97 Å². The van der Waals surface area contributed by atoms with E-state index in [2.05, 4.69) is 9.88 Å². The summed E-state index contributed by atoms with van der Waals surface area (Å²) in [5.74, 6) is 1.38. The number of ether oxygens (including phenoxy) is 2. The highest BCUT2D eigenvalue weighted by atomic mass is 32.2. The third kappa shape index (κ3) is 5.54. The zero-order valence-electron chi connectivity index (χ0n) is 19.6. The maximum absolute atomic E-state index is 13.4. The quantitative estimate of drug-likeness (QED) is 0.282. The second-order valence-electron chi connectivity index (χ2n) is 8.84. The molecule has 0 saturated carbocycles. The van der Waals surface area contributed by atoms with Crippen molar-refractivity contribution in [2.24, 2.45) is 0 Å². The van der Waals surface area contributed by atoms with E-state index in [1.165, 1.54) is 5.56 Å². The van der Waals surface area contributed by atoms with Gasteiger partial charge in [-0.3, -0.25) is 4.79 Å². The number of benzene rings is 2. The first-order valence-electron chi connectivity index (χ1n) is 12.0. The van der Waals surface area contributed by atoms with Crippen molar-refractivity contribution in [3.8, 4) is 5.75 Å². The van der Waals surface area contributed by atoms with Crippen molar-refractivity contribution >= 4 is 35.0 Å². The third-order valence-corrected chi connectivity index (χ3v) is 8.60. The summed E-state index contributed by atoms with van der Waals surface area (Å²) in [6.45, 7) is 2.15. The molecule has 2 aliphatic rings. The first-order valence-corrected chi connectivity index (χ1v) is 13.8. The molecule has 0 radical (unpaired) electrons.